The van der Waals surface area contributed by atoms with Crippen molar-refractivity contribution in [1.82, 2.24) is 4.98 Å². The van der Waals surface area contributed by atoms with Crippen molar-refractivity contribution in [3.63, 3.8) is 0 Å². The van der Waals surface area contributed by atoms with Gasteiger partial charge in [0, 0.05) is 21.6 Å². The minimum atomic E-state index is -4.75. The largest absolute Gasteiger partial charge is 0.477 e. The molecule has 0 fully saturated rings. The van der Waals surface area contributed by atoms with Gasteiger partial charge in [-0.2, -0.15) is 8.78 Å². The summed E-state index contributed by atoms with van der Waals surface area (Å²) in [6.07, 6.45) is 1.16. The highest BCUT2D eigenvalue weighted by Crippen LogP contribution is 2.67. The number of aromatic nitrogens is 1. The van der Waals surface area contributed by atoms with Crippen molar-refractivity contribution in [3.05, 3.63) is 40.1 Å². The van der Waals surface area contributed by atoms with E-state index in [0.29, 0.717) is 5.39 Å². The number of carbonyl (C=O) groups is 1. The van der Waals surface area contributed by atoms with Crippen LogP contribution in [0.3, 0.4) is 0 Å². The lowest BCUT2D eigenvalue weighted by Gasteiger charge is -2.26. The number of carboxylic acids is 1. The molecular formula is C15H15BrF2NO5P. The summed E-state index contributed by atoms with van der Waals surface area (Å²) < 4.78 is 51.9. The van der Waals surface area contributed by atoms with Crippen LogP contribution in [-0.4, -0.2) is 29.3 Å². The van der Waals surface area contributed by atoms with Gasteiger partial charge < -0.3 is 14.2 Å². The molecule has 0 saturated heterocycles. The molecule has 0 aliphatic heterocycles. The molecule has 25 heavy (non-hydrogen) atoms. The summed E-state index contributed by atoms with van der Waals surface area (Å²) in [5.74, 6) is -1.23. The molecule has 0 aliphatic rings. The summed E-state index contributed by atoms with van der Waals surface area (Å²) in [4.78, 5) is 14.7. The Bertz CT molecular complexity index is 851. The number of nitrogens with zero attached hydrogens (tertiary/aromatic N) is 1. The van der Waals surface area contributed by atoms with Crippen LogP contribution < -0.4 is 0 Å². The highest BCUT2D eigenvalue weighted by atomic mass is 79.9. The third-order valence-corrected chi connectivity index (χ3v) is 6.07. The van der Waals surface area contributed by atoms with E-state index < -0.39 is 24.8 Å². The highest BCUT2D eigenvalue weighted by Gasteiger charge is 2.55. The molecule has 2 aromatic rings. The Morgan fingerprint density at radius 2 is 1.84 bits per heavy atom. The Balaban J connectivity index is 2.62. The Morgan fingerprint density at radius 1 is 1.24 bits per heavy atom. The fraction of sp³-hybridized carbons (Fsp3) is 0.333. The molecule has 0 saturated carbocycles. The number of alkyl halides is 2. The average Bonchev–Trinajstić information content (AvgIpc) is 2.53. The van der Waals surface area contributed by atoms with Gasteiger partial charge in [-0.25, -0.2) is 9.78 Å². The maximum Gasteiger partial charge on any atom is 0.404 e. The van der Waals surface area contributed by atoms with Gasteiger partial charge in [0.1, 0.15) is 5.69 Å². The van der Waals surface area contributed by atoms with Gasteiger partial charge in [-0.05, 0) is 37.4 Å². The predicted octanol–water partition coefficient (Wildman–Crippen LogP) is 5.01. The number of halogens is 3. The second-order valence-electron chi connectivity index (χ2n) is 4.93. The topological polar surface area (TPSA) is 85.7 Å². The van der Waals surface area contributed by atoms with E-state index in [4.69, 9.17) is 14.2 Å². The van der Waals surface area contributed by atoms with Crippen LogP contribution in [0.5, 0.6) is 0 Å². The maximum atomic E-state index is 14.9. The van der Waals surface area contributed by atoms with E-state index in [1.807, 2.05) is 0 Å². The van der Waals surface area contributed by atoms with Crippen LogP contribution in [0.2, 0.25) is 0 Å². The normalized spacial score (nSPS) is 12.5. The Labute approximate surface area is 150 Å². The first kappa shape index (κ1) is 19.9. The number of pyridine rings is 1. The molecule has 0 aliphatic carbocycles. The first-order valence-electron chi connectivity index (χ1n) is 7.26. The number of hydrogen-bond donors (Lipinski definition) is 1. The molecule has 0 amide bonds. The summed E-state index contributed by atoms with van der Waals surface area (Å²) in [5.41, 5.74) is -4.71. The number of carboxylic acid groups (broad SMARTS) is 1. The molecule has 0 bridgehead atoms. The van der Waals surface area contributed by atoms with E-state index in [0.717, 1.165) is 12.3 Å². The maximum absolute atomic E-state index is 14.9. The summed E-state index contributed by atoms with van der Waals surface area (Å²) in [6, 6.07) is 3.66. The van der Waals surface area contributed by atoms with Crippen molar-refractivity contribution in [2.45, 2.75) is 19.5 Å². The van der Waals surface area contributed by atoms with Crippen molar-refractivity contribution in [3.8, 4) is 0 Å². The van der Waals surface area contributed by atoms with Crippen LogP contribution in [0.15, 0.2) is 28.9 Å². The lowest BCUT2D eigenvalue weighted by atomic mass is 10.1. The van der Waals surface area contributed by atoms with Crippen LogP contribution in [0, 0.1) is 0 Å². The van der Waals surface area contributed by atoms with Gasteiger partial charge >= 0.3 is 19.2 Å². The first-order chi connectivity index (χ1) is 11.7. The van der Waals surface area contributed by atoms with Crippen LogP contribution >= 0.6 is 23.5 Å². The molecule has 1 aromatic heterocycles. The van der Waals surface area contributed by atoms with Crippen molar-refractivity contribution in [2.75, 3.05) is 13.2 Å². The lowest BCUT2D eigenvalue weighted by Crippen LogP contribution is -2.19. The minimum Gasteiger partial charge on any atom is -0.477 e. The van der Waals surface area contributed by atoms with Gasteiger partial charge in [0.15, 0.2) is 0 Å². The molecule has 0 spiro atoms. The fourth-order valence-corrected chi connectivity index (χ4v) is 4.52. The number of aromatic carboxylic acids is 1. The van der Waals surface area contributed by atoms with Crippen LogP contribution in [0.1, 0.15) is 29.9 Å². The van der Waals surface area contributed by atoms with Crippen molar-refractivity contribution >= 4 is 40.3 Å². The van der Waals surface area contributed by atoms with E-state index >= 15 is 0 Å². The van der Waals surface area contributed by atoms with Crippen LogP contribution in [0.4, 0.5) is 8.78 Å². The Kier molecular flexibility index (Phi) is 5.93. The van der Waals surface area contributed by atoms with Crippen molar-refractivity contribution < 1.29 is 32.3 Å². The predicted molar refractivity (Wildman–Crippen MR) is 91.2 cm³/mol. The molecule has 10 heteroatoms. The summed E-state index contributed by atoms with van der Waals surface area (Å²) in [5, 5.41) is 9.61. The monoisotopic (exact) mass is 437 g/mol. The molecule has 0 radical (unpaired) electrons. The lowest BCUT2D eigenvalue weighted by molar-refractivity contribution is 0.0356. The molecule has 1 heterocycles. The second kappa shape index (κ2) is 7.45. The van der Waals surface area contributed by atoms with Gasteiger partial charge in [0.25, 0.3) is 0 Å². The average molecular weight is 438 g/mol. The standard InChI is InChI=1S/C15H15BrF2NO5P/c1-3-23-25(22,24-4-2)15(17,18)11-5-10-8-19-13(14(20)21)7-9(10)6-12(11)16/h5-8H,3-4H2,1-2H3,(H,20,21). The molecule has 0 unspecified atom stereocenters. The third-order valence-electron chi connectivity index (χ3n) is 3.29. The SMILES string of the molecule is CCOP(=O)(OCC)C(F)(F)c1cc2cnc(C(=O)O)cc2cc1Br. The van der Waals surface area contributed by atoms with E-state index in [2.05, 4.69) is 20.9 Å². The number of fused-ring (bicyclic) bond motifs is 1. The Morgan fingerprint density at radius 3 is 2.36 bits per heavy atom. The van der Waals surface area contributed by atoms with Gasteiger partial charge in [0.05, 0.1) is 13.2 Å². The van der Waals surface area contributed by atoms with Crippen LogP contribution in [0.25, 0.3) is 10.8 Å². The third kappa shape index (κ3) is 3.74. The van der Waals surface area contributed by atoms with Gasteiger partial charge in [-0.15, -0.1) is 0 Å². The molecule has 136 valence electrons. The highest BCUT2D eigenvalue weighted by molar-refractivity contribution is 9.10. The summed E-state index contributed by atoms with van der Waals surface area (Å²) in [6.45, 7) is 2.46. The molecule has 1 N–H and O–H groups in total. The second-order valence-corrected chi connectivity index (χ2v) is 7.86. The molecule has 1 aromatic carbocycles. The molecule has 6 nitrogen and oxygen atoms in total. The summed E-state index contributed by atoms with van der Waals surface area (Å²) >= 11 is 3.03. The molecule has 0 atom stereocenters. The zero-order valence-electron chi connectivity index (χ0n) is 13.3. The molecule has 2 rings (SSSR count). The smallest absolute Gasteiger partial charge is 0.404 e. The zero-order valence-corrected chi connectivity index (χ0v) is 15.8. The van der Waals surface area contributed by atoms with E-state index in [9.17, 15) is 18.1 Å². The van der Waals surface area contributed by atoms with Crippen molar-refractivity contribution in [1.29, 1.82) is 0 Å². The fourth-order valence-electron chi connectivity index (χ4n) is 2.20. The summed E-state index contributed by atoms with van der Waals surface area (Å²) in [7, 11) is -4.75. The quantitative estimate of drug-likeness (QED) is 0.612. The minimum absolute atomic E-state index is 0.0489. The van der Waals surface area contributed by atoms with E-state index in [-0.39, 0.29) is 28.8 Å². The number of benzene rings is 1. The van der Waals surface area contributed by atoms with Gasteiger partial charge in [0.2, 0.25) is 0 Å². The number of rotatable bonds is 7. The number of hydrogen-bond acceptors (Lipinski definition) is 5. The van der Waals surface area contributed by atoms with Gasteiger partial charge in [-0.1, -0.05) is 15.9 Å². The molecular weight excluding hydrogens is 423 g/mol. The zero-order chi connectivity index (χ0) is 18.8. The van der Waals surface area contributed by atoms with Gasteiger partial charge in [-0.3, -0.25) is 4.57 Å². The van der Waals surface area contributed by atoms with Crippen LogP contribution in [-0.2, 0) is 19.3 Å². The van der Waals surface area contributed by atoms with E-state index in [1.165, 1.54) is 26.0 Å². The van der Waals surface area contributed by atoms with Crippen molar-refractivity contribution in [2.24, 2.45) is 0 Å². The first-order valence-corrected chi connectivity index (χ1v) is 9.60. The van der Waals surface area contributed by atoms with E-state index in [1.54, 1.807) is 0 Å². The Hall–Kier alpha value is -1.41.